The van der Waals surface area contributed by atoms with Gasteiger partial charge in [0.05, 0.1) is 18.4 Å². The topological polar surface area (TPSA) is 86.7 Å². The molecule has 3 aliphatic rings. The maximum absolute atomic E-state index is 12.7. The molecule has 7 nitrogen and oxygen atoms in total. The largest absolute Gasteiger partial charge is 0.357 e. The summed E-state index contributed by atoms with van der Waals surface area (Å²) in [4.78, 5) is 36.9. The van der Waals surface area contributed by atoms with Gasteiger partial charge >= 0.3 is 0 Å². The molecule has 1 aromatic rings. The molecule has 9 heteroatoms. The van der Waals surface area contributed by atoms with Crippen molar-refractivity contribution in [3.8, 4) is 0 Å². The van der Waals surface area contributed by atoms with Gasteiger partial charge in [0.25, 0.3) is 0 Å². The van der Waals surface area contributed by atoms with E-state index in [-0.39, 0.29) is 59.5 Å². The van der Waals surface area contributed by atoms with Crippen molar-refractivity contribution in [1.82, 2.24) is 20.5 Å². The van der Waals surface area contributed by atoms with Gasteiger partial charge < -0.3 is 10.6 Å². The quantitative estimate of drug-likeness (QED) is 0.142. The summed E-state index contributed by atoms with van der Waals surface area (Å²) in [5, 5.41) is 7.49. The maximum Gasteiger partial charge on any atom is 0.233 e. The number of thiazole rings is 1. The van der Waals surface area contributed by atoms with Gasteiger partial charge in [-0.2, -0.15) is 0 Å². The predicted octanol–water partition coefficient (Wildman–Crippen LogP) is 2.32. The Hall–Kier alpha value is -1.49. The lowest BCUT2D eigenvalue weighted by molar-refractivity contribution is -0.140. The summed E-state index contributed by atoms with van der Waals surface area (Å²) in [5.74, 6) is 1.15. The average Bonchev–Trinajstić information content (AvgIpc) is 3.43. The van der Waals surface area contributed by atoms with Gasteiger partial charge in [0.2, 0.25) is 11.8 Å². The van der Waals surface area contributed by atoms with Crippen molar-refractivity contribution < 1.29 is 9.59 Å². The van der Waals surface area contributed by atoms with E-state index >= 15 is 0 Å². The maximum atomic E-state index is 12.7. The van der Waals surface area contributed by atoms with Crippen LogP contribution in [0.1, 0.15) is 29.7 Å². The van der Waals surface area contributed by atoms with Crippen molar-refractivity contribution in [3.05, 3.63) is 28.2 Å². The van der Waals surface area contributed by atoms with E-state index in [1.54, 1.807) is 11.3 Å². The number of rotatable bonds is 7. The number of aromatic nitrogens is 1. The number of likely N-dealkylation sites (tertiary alicyclic amines) is 1. The van der Waals surface area contributed by atoms with Gasteiger partial charge in [-0.25, -0.2) is 9.98 Å². The van der Waals surface area contributed by atoms with E-state index in [9.17, 15) is 9.59 Å². The van der Waals surface area contributed by atoms with E-state index in [2.05, 4.69) is 32.8 Å². The van der Waals surface area contributed by atoms with Crippen molar-refractivity contribution in [3.63, 3.8) is 0 Å². The highest BCUT2D eigenvalue weighted by Gasteiger charge is 2.58. The van der Waals surface area contributed by atoms with Crippen molar-refractivity contribution in [1.29, 1.82) is 0 Å². The van der Waals surface area contributed by atoms with Gasteiger partial charge in [0, 0.05) is 30.7 Å². The molecule has 29 heavy (non-hydrogen) atoms. The number of guanidine groups is 1. The molecule has 4 unspecified atom stereocenters. The highest BCUT2D eigenvalue weighted by Crippen LogP contribution is 2.52. The summed E-state index contributed by atoms with van der Waals surface area (Å²) < 4.78 is 0. The number of hydrogen-bond donors (Lipinski definition) is 2. The van der Waals surface area contributed by atoms with Crippen LogP contribution in [0.3, 0.4) is 0 Å². The molecule has 0 spiro atoms. The normalized spacial score (nSPS) is 27.4. The highest BCUT2D eigenvalue weighted by atomic mass is 127. The van der Waals surface area contributed by atoms with Crippen LogP contribution in [-0.4, -0.2) is 47.3 Å². The molecule has 1 saturated carbocycles. The lowest BCUT2D eigenvalue weighted by atomic mass is 9.85. The summed E-state index contributed by atoms with van der Waals surface area (Å²) in [6.07, 6.45) is 7.80. The number of amides is 2. The van der Waals surface area contributed by atoms with Crippen molar-refractivity contribution in [2.75, 3.05) is 19.6 Å². The van der Waals surface area contributed by atoms with Crippen LogP contribution in [-0.2, 0) is 16.1 Å². The molecule has 2 aliphatic carbocycles. The van der Waals surface area contributed by atoms with Crippen LogP contribution in [0.2, 0.25) is 0 Å². The molecule has 2 amide bonds. The molecule has 0 radical (unpaired) electrons. The molecule has 2 fully saturated rings. The standard InChI is InChI=1S/C20H27N5O2S.HI/c1-3-21-20(24-11-15-23-10-12(2)28-15)22-7-4-8-25-18(26)16-13-5-6-14(9-13)17(16)19(25)27;/h5-6,10,13-14,16-17H,3-4,7-9,11H2,1-2H3,(H2,21,22,24);1H. The molecule has 4 atom stereocenters. The molecule has 2 bridgehead atoms. The molecule has 1 saturated heterocycles. The summed E-state index contributed by atoms with van der Waals surface area (Å²) in [7, 11) is 0. The summed E-state index contributed by atoms with van der Waals surface area (Å²) in [5.41, 5.74) is 0. The third-order valence-electron chi connectivity index (χ3n) is 5.80. The van der Waals surface area contributed by atoms with E-state index in [1.165, 1.54) is 9.78 Å². The lowest BCUT2D eigenvalue weighted by Gasteiger charge is -2.18. The van der Waals surface area contributed by atoms with Crippen molar-refractivity contribution in [2.45, 2.75) is 33.2 Å². The van der Waals surface area contributed by atoms with E-state index in [0.717, 1.165) is 23.9 Å². The Morgan fingerprint density at radius 3 is 2.52 bits per heavy atom. The Morgan fingerprint density at radius 2 is 1.93 bits per heavy atom. The fraction of sp³-hybridized carbons (Fsp3) is 0.600. The van der Waals surface area contributed by atoms with E-state index in [0.29, 0.717) is 26.1 Å². The first kappa shape index (κ1) is 22.2. The van der Waals surface area contributed by atoms with Crippen molar-refractivity contribution >= 4 is 53.1 Å². The highest BCUT2D eigenvalue weighted by molar-refractivity contribution is 14.0. The number of fused-ring (bicyclic) bond motifs is 5. The lowest BCUT2D eigenvalue weighted by Crippen LogP contribution is -2.40. The summed E-state index contributed by atoms with van der Waals surface area (Å²) in [6, 6.07) is 0. The van der Waals surface area contributed by atoms with Crippen LogP contribution in [0.25, 0.3) is 0 Å². The molecule has 158 valence electrons. The molecule has 4 rings (SSSR count). The van der Waals surface area contributed by atoms with Gasteiger partial charge in [-0.05, 0) is 38.5 Å². The van der Waals surface area contributed by atoms with E-state index < -0.39 is 0 Å². The Balaban J connectivity index is 0.00000240. The van der Waals surface area contributed by atoms with E-state index in [4.69, 9.17) is 0 Å². The van der Waals surface area contributed by atoms with Crippen molar-refractivity contribution in [2.24, 2.45) is 28.7 Å². The van der Waals surface area contributed by atoms with Crippen LogP contribution in [0.15, 0.2) is 23.3 Å². The average molecular weight is 529 g/mol. The first-order chi connectivity index (χ1) is 13.6. The number of aryl methyl sites for hydroxylation is 1. The smallest absolute Gasteiger partial charge is 0.233 e. The number of nitrogens with one attached hydrogen (secondary N) is 2. The van der Waals surface area contributed by atoms with Crippen LogP contribution in [0.5, 0.6) is 0 Å². The molecule has 0 aromatic carbocycles. The molecule has 2 heterocycles. The van der Waals surface area contributed by atoms with Gasteiger partial charge in [0.15, 0.2) is 5.96 Å². The molecule has 2 N–H and O–H groups in total. The zero-order valence-electron chi connectivity index (χ0n) is 16.8. The van der Waals surface area contributed by atoms with Gasteiger partial charge in [-0.1, -0.05) is 12.2 Å². The summed E-state index contributed by atoms with van der Waals surface area (Å²) in [6.45, 7) is 6.49. The van der Waals surface area contributed by atoms with Crippen LogP contribution < -0.4 is 10.6 Å². The second kappa shape index (κ2) is 9.55. The van der Waals surface area contributed by atoms with Gasteiger partial charge in [0.1, 0.15) is 5.01 Å². The molecule has 1 aromatic heterocycles. The minimum Gasteiger partial charge on any atom is -0.357 e. The van der Waals surface area contributed by atoms with Crippen LogP contribution in [0, 0.1) is 30.6 Å². The molecular formula is C20H28IN5O2S. The zero-order valence-corrected chi connectivity index (χ0v) is 19.9. The Labute approximate surface area is 192 Å². The Bertz CT molecular complexity index is 794. The number of allylic oxidation sites excluding steroid dienone is 2. The second-order valence-electron chi connectivity index (χ2n) is 7.67. The fourth-order valence-corrected chi connectivity index (χ4v) is 5.30. The number of halogens is 1. The fourth-order valence-electron chi connectivity index (χ4n) is 4.59. The molecular weight excluding hydrogens is 501 g/mol. The first-order valence-electron chi connectivity index (χ1n) is 10.1. The number of carbonyl (C=O) groups is 2. The number of imide groups is 1. The Morgan fingerprint density at radius 1 is 1.24 bits per heavy atom. The zero-order chi connectivity index (χ0) is 19.7. The number of carbonyl (C=O) groups excluding carboxylic acids is 2. The van der Waals surface area contributed by atoms with Crippen LogP contribution in [0.4, 0.5) is 0 Å². The SMILES string of the molecule is CCNC(=NCc1ncc(C)s1)NCCCN1C(=O)C2C3C=CC(C3)C2C1=O.I. The Kier molecular flexibility index (Phi) is 7.31. The minimum absolute atomic E-state index is 0. The predicted molar refractivity (Wildman–Crippen MR) is 124 cm³/mol. The first-order valence-corrected chi connectivity index (χ1v) is 10.9. The monoisotopic (exact) mass is 529 g/mol. The minimum atomic E-state index is -0.101. The van der Waals surface area contributed by atoms with E-state index in [1.807, 2.05) is 20.0 Å². The number of hydrogen-bond acceptors (Lipinski definition) is 5. The van der Waals surface area contributed by atoms with Gasteiger partial charge in [-0.15, -0.1) is 35.3 Å². The number of aliphatic imine (C=N–C) groups is 1. The van der Waals surface area contributed by atoms with Gasteiger partial charge in [-0.3, -0.25) is 14.5 Å². The summed E-state index contributed by atoms with van der Waals surface area (Å²) >= 11 is 1.65. The van der Waals surface area contributed by atoms with Crippen LogP contribution >= 0.6 is 35.3 Å². The second-order valence-corrected chi connectivity index (χ2v) is 8.99. The molecule has 1 aliphatic heterocycles. The third kappa shape index (κ3) is 4.50. The third-order valence-corrected chi connectivity index (χ3v) is 6.70. The number of nitrogens with zero attached hydrogens (tertiary/aromatic N) is 3.